The molecule has 0 aliphatic carbocycles. The van der Waals surface area contributed by atoms with Gasteiger partial charge in [-0.05, 0) is 49.8 Å². The summed E-state index contributed by atoms with van der Waals surface area (Å²) in [6, 6.07) is 14.8. The van der Waals surface area contributed by atoms with Crippen molar-refractivity contribution in [2.45, 2.75) is 19.9 Å². The number of ether oxygens (including phenoxy) is 3. The Bertz CT molecular complexity index is 1060. The lowest BCUT2D eigenvalue weighted by Crippen LogP contribution is -2.36. The van der Waals surface area contributed by atoms with Crippen molar-refractivity contribution in [1.82, 2.24) is 4.90 Å². The molecular formula is C24H25N3O4S. The highest BCUT2D eigenvalue weighted by Gasteiger charge is 2.31. The maximum absolute atomic E-state index is 13.0. The lowest BCUT2D eigenvalue weighted by molar-refractivity contribution is -0.123. The fraction of sp³-hybridized carbons (Fsp3) is 0.292. The number of carbonyl (C=O) groups is 1. The molecule has 32 heavy (non-hydrogen) atoms. The molecule has 2 aromatic carbocycles. The van der Waals surface area contributed by atoms with Crippen LogP contribution in [0.25, 0.3) is 6.08 Å². The number of nitrogens with zero attached hydrogens (tertiary/aromatic N) is 3. The van der Waals surface area contributed by atoms with Gasteiger partial charge in [-0.2, -0.15) is 5.26 Å². The molecule has 0 bridgehead atoms. The largest absolute Gasteiger partial charge is 0.493 e. The van der Waals surface area contributed by atoms with Crippen LogP contribution in [0.1, 0.15) is 19.4 Å². The van der Waals surface area contributed by atoms with Crippen molar-refractivity contribution in [2.24, 2.45) is 4.99 Å². The average Bonchev–Trinajstić information content (AvgIpc) is 3.17. The van der Waals surface area contributed by atoms with E-state index in [-0.39, 0.29) is 18.6 Å². The van der Waals surface area contributed by atoms with Gasteiger partial charge in [-0.25, -0.2) is 4.99 Å². The molecule has 1 amide bonds. The fourth-order valence-corrected chi connectivity index (χ4v) is 4.23. The highest BCUT2D eigenvalue weighted by atomic mass is 32.2. The zero-order valence-electron chi connectivity index (χ0n) is 18.3. The smallest absolute Gasteiger partial charge is 0.252 e. The van der Waals surface area contributed by atoms with Crippen molar-refractivity contribution in [3.63, 3.8) is 0 Å². The van der Waals surface area contributed by atoms with Crippen molar-refractivity contribution in [3.05, 3.63) is 54.1 Å². The van der Waals surface area contributed by atoms with E-state index in [9.17, 15) is 4.79 Å². The number of amides is 1. The Labute approximate surface area is 192 Å². The number of benzene rings is 2. The molecule has 7 nitrogen and oxygen atoms in total. The Hall–Kier alpha value is -3.44. The molecule has 8 heteroatoms. The molecule has 0 saturated carbocycles. The molecule has 0 N–H and O–H groups in total. The zero-order chi connectivity index (χ0) is 22.9. The highest BCUT2D eigenvalue weighted by molar-refractivity contribution is 8.14. The summed E-state index contributed by atoms with van der Waals surface area (Å²) in [6.45, 7) is 4.40. The topological polar surface area (TPSA) is 84.1 Å². The minimum atomic E-state index is -0.154. The van der Waals surface area contributed by atoms with Crippen LogP contribution in [0.15, 0.2) is 53.5 Å². The summed E-state index contributed by atoms with van der Waals surface area (Å²) >= 11 is 1.55. The summed E-state index contributed by atoms with van der Waals surface area (Å²) in [5.41, 5.74) is 1.48. The molecule has 1 atom stereocenters. The molecular weight excluding hydrogens is 426 g/mol. The standard InChI is InChI=1S/C24H25N3O4S/c1-4-30-20-8-6-5-7-19(20)26-24-27(17(2)16-32-24)23(28)12-10-18-9-11-21(31-14-13-25)22(15-18)29-3/h5-12,15,17H,4,14,16H2,1-3H3/b12-10+,26-24?. The third-order valence-electron chi connectivity index (χ3n) is 4.62. The van der Waals surface area contributed by atoms with Gasteiger partial charge in [-0.1, -0.05) is 30.0 Å². The summed E-state index contributed by atoms with van der Waals surface area (Å²) < 4.78 is 16.3. The van der Waals surface area contributed by atoms with E-state index in [0.717, 1.165) is 11.3 Å². The van der Waals surface area contributed by atoms with E-state index in [1.54, 1.807) is 40.9 Å². The van der Waals surface area contributed by atoms with Gasteiger partial charge in [0.25, 0.3) is 5.91 Å². The van der Waals surface area contributed by atoms with Crippen molar-refractivity contribution < 1.29 is 19.0 Å². The molecule has 0 radical (unpaired) electrons. The van der Waals surface area contributed by atoms with Crippen molar-refractivity contribution in [1.29, 1.82) is 5.26 Å². The lowest BCUT2D eigenvalue weighted by Gasteiger charge is -2.19. The third-order valence-corrected chi connectivity index (χ3v) is 5.81. The van der Waals surface area contributed by atoms with Gasteiger partial charge >= 0.3 is 0 Å². The van der Waals surface area contributed by atoms with E-state index >= 15 is 0 Å². The second-order valence-electron chi connectivity index (χ2n) is 6.85. The first-order valence-electron chi connectivity index (χ1n) is 10.2. The van der Waals surface area contributed by atoms with Crippen LogP contribution in [0.4, 0.5) is 5.69 Å². The van der Waals surface area contributed by atoms with E-state index in [1.165, 1.54) is 13.2 Å². The molecule has 1 saturated heterocycles. The Morgan fingerprint density at radius 1 is 1.25 bits per heavy atom. The molecule has 1 aliphatic rings. The second-order valence-corrected chi connectivity index (χ2v) is 7.84. The van der Waals surface area contributed by atoms with E-state index in [2.05, 4.69) is 0 Å². The van der Waals surface area contributed by atoms with Crippen LogP contribution in [0.2, 0.25) is 0 Å². The van der Waals surface area contributed by atoms with Gasteiger partial charge in [0.15, 0.2) is 23.3 Å². The van der Waals surface area contributed by atoms with Gasteiger partial charge in [0.1, 0.15) is 17.5 Å². The molecule has 0 spiro atoms. The van der Waals surface area contributed by atoms with Crippen LogP contribution >= 0.6 is 11.8 Å². The van der Waals surface area contributed by atoms with E-state index in [0.29, 0.717) is 34.7 Å². The number of hydrogen-bond donors (Lipinski definition) is 0. The van der Waals surface area contributed by atoms with Gasteiger partial charge in [0, 0.05) is 17.9 Å². The molecule has 1 aliphatic heterocycles. The Balaban J connectivity index is 1.80. The molecule has 1 heterocycles. The normalized spacial score (nSPS) is 16.9. The number of hydrogen-bond acceptors (Lipinski definition) is 7. The van der Waals surface area contributed by atoms with Gasteiger partial charge in [0.2, 0.25) is 0 Å². The summed E-state index contributed by atoms with van der Waals surface area (Å²) in [5, 5.41) is 9.34. The zero-order valence-corrected chi connectivity index (χ0v) is 19.1. The van der Waals surface area contributed by atoms with Gasteiger partial charge in [-0.3, -0.25) is 9.69 Å². The monoisotopic (exact) mass is 451 g/mol. The summed E-state index contributed by atoms with van der Waals surface area (Å²) in [4.78, 5) is 19.4. The van der Waals surface area contributed by atoms with Crippen LogP contribution in [-0.2, 0) is 4.79 Å². The molecule has 1 fully saturated rings. The van der Waals surface area contributed by atoms with E-state index < -0.39 is 0 Å². The van der Waals surface area contributed by atoms with Crippen molar-refractivity contribution >= 4 is 34.6 Å². The minimum absolute atomic E-state index is 0.0199. The first-order chi connectivity index (χ1) is 15.6. The van der Waals surface area contributed by atoms with E-state index in [4.69, 9.17) is 24.5 Å². The summed E-state index contributed by atoms with van der Waals surface area (Å²) in [7, 11) is 1.53. The predicted octanol–water partition coefficient (Wildman–Crippen LogP) is 4.66. The number of amidine groups is 1. The van der Waals surface area contributed by atoms with Crippen LogP contribution in [-0.4, -0.2) is 48.1 Å². The number of rotatable bonds is 8. The number of nitriles is 1. The summed E-state index contributed by atoms with van der Waals surface area (Å²) in [6.07, 6.45) is 3.25. The van der Waals surface area contributed by atoms with Crippen LogP contribution < -0.4 is 14.2 Å². The third kappa shape index (κ3) is 5.62. The second kappa shape index (κ2) is 11.3. The summed E-state index contributed by atoms with van der Waals surface area (Å²) in [5.74, 6) is 2.28. The predicted molar refractivity (Wildman–Crippen MR) is 127 cm³/mol. The highest BCUT2D eigenvalue weighted by Crippen LogP contribution is 2.33. The van der Waals surface area contributed by atoms with Crippen LogP contribution in [0, 0.1) is 11.3 Å². The molecule has 166 valence electrons. The minimum Gasteiger partial charge on any atom is -0.493 e. The van der Waals surface area contributed by atoms with Crippen LogP contribution in [0.3, 0.4) is 0 Å². The first kappa shape index (κ1) is 23.2. The molecule has 0 aromatic heterocycles. The number of thioether (sulfide) groups is 1. The lowest BCUT2D eigenvalue weighted by atomic mass is 10.2. The Kier molecular flexibility index (Phi) is 8.17. The number of methoxy groups -OCH3 is 1. The molecule has 3 rings (SSSR count). The maximum atomic E-state index is 13.0. The maximum Gasteiger partial charge on any atom is 0.252 e. The van der Waals surface area contributed by atoms with Gasteiger partial charge in [0.05, 0.1) is 13.7 Å². The number of para-hydroxylation sites is 2. The average molecular weight is 452 g/mol. The number of carbonyl (C=O) groups excluding carboxylic acids is 1. The number of aliphatic imine (C=N–C) groups is 1. The molecule has 2 aromatic rings. The van der Waals surface area contributed by atoms with E-state index in [1.807, 2.05) is 44.2 Å². The van der Waals surface area contributed by atoms with Crippen LogP contribution in [0.5, 0.6) is 17.2 Å². The first-order valence-corrected chi connectivity index (χ1v) is 11.2. The Morgan fingerprint density at radius 2 is 2.06 bits per heavy atom. The molecule has 1 unspecified atom stereocenters. The van der Waals surface area contributed by atoms with Gasteiger partial charge in [-0.15, -0.1) is 0 Å². The quantitative estimate of drug-likeness (QED) is 0.543. The van der Waals surface area contributed by atoms with Crippen molar-refractivity contribution in [2.75, 3.05) is 26.1 Å². The SMILES string of the molecule is CCOc1ccccc1N=C1SCC(C)N1C(=O)/C=C/c1ccc(OCC#N)c(OC)c1. The van der Waals surface area contributed by atoms with Gasteiger partial charge < -0.3 is 14.2 Å². The van der Waals surface area contributed by atoms with Crippen molar-refractivity contribution in [3.8, 4) is 23.3 Å². The fourth-order valence-electron chi connectivity index (χ4n) is 3.12. The Morgan fingerprint density at radius 3 is 2.81 bits per heavy atom.